The number of esters is 1. The molecule has 0 aliphatic rings. The van der Waals surface area contributed by atoms with Gasteiger partial charge < -0.3 is 4.74 Å². The Morgan fingerprint density at radius 1 is 1.64 bits per heavy atom. The second kappa shape index (κ2) is 4.91. The smallest absolute Gasteiger partial charge is 0.308 e. The number of halogens is 1. The number of rotatable bonds is 3. The maximum atomic E-state index is 10.6. The van der Waals surface area contributed by atoms with Crippen molar-refractivity contribution in [3.8, 4) is 5.75 Å². The molecule has 0 fully saturated rings. The summed E-state index contributed by atoms with van der Waals surface area (Å²) in [4.78, 5) is 18.6. The first-order valence-electron chi connectivity index (χ1n) is 4.33. The Labute approximate surface area is 87.3 Å². The summed E-state index contributed by atoms with van der Waals surface area (Å²) in [5, 5.41) is 0.179. The average Bonchev–Trinajstić information content (AvgIpc) is 2.10. The van der Waals surface area contributed by atoms with Crippen molar-refractivity contribution in [1.82, 2.24) is 9.97 Å². The van der Waals surface area contributed by atoms with Crippen LogP contribution in [-0.4, -0.2) is 15.9 Å². The molecule has 1 heterocycles. The summed E-state index contributed by atoms with van der Waals surface area (Å²) in [5.74, 6) is 0.436. The van der Waals surface area contributed by atoms with Crippen LogP contribution in [0, 0.1) is 0 Å². The molecule has 14 heavy (non-hydrogen) atoms. The molecule has 0 unspecified atom stereocenters. The normalized spacial score (nSPS) is 9.93. The first kappa shape index (κ1) is 10.9. The summed E-state index contributed by atoms with van der Waals surface area (Å²) in [6.45, 7) is 3.33. The average molecular weight is 215 g/mol. The van der Waals surface area contributed by atoms with Crippen LogP contribution in [0.5, 0.6) is 5.75 Å². The fraction of sp³-hybridized carbons (Fsp3) is 0.444. The molecule has 76 valence electrons. The van der Waals surface area contributed by atoms with Crippen LogP contribution in [0.2, 0.25) is 5.15 Å². The molecule has 0 saturated heterocycles. The molecule has 0 saturated carbocycles. The van der Waals surface area contributed by atoms with Gasteiger partial charge in [-0.15, -0.1) is 0 Å². The van der Waals surface area contributed by atoms with Crippen LogP contribution in [0.3, 0.4) is 0 Å². The zero-order valence-electron chi connectivity index (χ0n) is 8.08. The van der Waals surface area contributed by atoms with Gasteiger partial charge in [0.15, 0.2) is 10.9 Å². The number of hydrogen-bond donors (Lipinski definition) is 0. The van der Waals surface area contributed by atoms with Crippen molar-refractivity contribution < 1.29 is 9.53 Å². The summed E-state index contributed by atoms with van der Waals surface area (Å²) in [6, 6.07) is 0. The van der Waals surface area contributed by atoms with E-state index in [2.05, 4.69) is 9.97 Å². The van der Waals surface area contributed by atoms with Crippen LogP contribution in [0.1, 0.15) is 26.1 Å². The Hall–Kier alpha value is -1.16. The second-order valence-electron chi connectivity index (χ2n) is 2.78. The predicted molar refractivity (Wildman–Crippen MR) is 52.3 cm³/mol. The van der Waals surface area contributed by atoms with E-state index in [9.17, 15) is 4.79 Å². The summed E-state index contributed by atoms with van der Waals surface area (Å²) < 4.78 is 4.78. The van der Waals surface area contributed by atoms with E-state index in [0.717, 1.165) is 12.8 Å². The number of carbonyl (C=O) groups is 1. The first-order valence-corrected chi connectivity index (χ1v) is 4.71. The van der Waals surface area contributed by atoms with Gasteiger partial charge in [-0.1, -0.05) is 18.5 Å². The van der Waals surface area contributed by atoms with E-state index in [1.54, 1.807) is 0 Å². The van der Waals surface area contributed by atoms with Crippen molar-refractivity contribution in [2.75, 3.05) is 0 Å². The quantitative estimate of drug-likeness (QED) is 0.571. The van der Waals surface area contributed by atoms with Crippen molar-refractivity contribution >= 4 is 17.6 Å². The molecule has 0 atom stereocenters. The molecule has 0 amide bonds. The Morgan fingerprint density at radius 3 is 2.86 bits per heavy atom. The van der Waals surface area contributed by atoms with Gasteiger partial charge in [0.05, 0.1) is 6.20 Å². The Bertz CT molecular complexity index is 342. The van der Waals surface area contributed by atoms with Crippen molar-refractivity contribution in [3.63, 3.8) is 0 Å². The van der Waals surface area contributed by atoms with Crippen molar-refractivity contribution in [2.24, 2.45) is 0 Å². The number of aromatic nitrogens is 2. The second-order valence-corrected chi connectivity index (χ2v) is 3.14. The molecule has 0 radical (unpaired) electrons. The van der Waals surface area contributed by atoms with Gasteiger partial charge in [-0.05, 0) is 6.42 Å². The number of hydrogen-bond acceptors (Lipinski definition) is 4. The molecule has 5 heteroatoms. The molecule has 1 aromatic rings. The lowest BCUT2D eigenvalue weighted by molar-refractivity contribution is -0.131. The van der Waals surface area contributed by atoms with Gasteiger partial charge in [0.2, 0.25) is 0 Å². The van der Waals surface area contributed by atoms with E-state index in [1.165, 1.54) is 13.1 Å². The van der Waals surface area contributed by atoms with Crippen molar-refractivity contribution in [1.29, 1.82) is 0 Å². The van der Waals surface area contributed by atoms with E-state index in [-0.39, 0.29) is 10.9 Å². The number of ether oxygens (including phenoxy) is 1. The van der Waals surface area contributed by atoms with Crippen molar-refractivity contribution in [3.05, 3.63) is 17.2 Å². The highest BCUT2D eigenvalue weighted by Gasteiger charge is 2.07. The molecular formula is C9H11ClN2O2. The van der Waals surface area contributed by atoms with Gasteiger partial charge in [-0.3, -0.25) is 4.79 Å². The van der Waals surface area contributed by atoms with Crippen LogP contribution < -0.4 is 4.74 Å². The maximum absolute atomic E-state index is 10.6. The lowest BCUT2D eigenvalue weighted by atomic mass is 10.3. The lowest BCUT2D eigenvalue weighted by Gasteiger charge is -2.03. The highest BCUT2D eigenvalue weighted by molar-refractivity contribution is 6.30. The van der Waals surface area contributed by atoms with Crippen LogP contribution in [0.4, 0.5) is 0 Å². The zero-order valence-corrected chi connectivity index (χ0v) is 8.84. The fourth-order valence-corrected chi connectivity index (χ4v) is 1.14. The topological polar surface area (TPSA) is 52.1 Å². The van der Waals surface area contributed by atoms with Gasteiger partial charge in [0, 0.05) is 13.3 Å². The summed E-state index contributed by atoms with van der Waals surface area (Å²) in [6.07, 6.45) is 3.13. The van der Waals surface area contributed by atoms with Gasteiger partial charge in [0.25, 0.3) is 0 Å². The van der Waals surface area contributed by atoms with E-state index in [0.29, 0.717) is 5.82 Å². The Balaban J connectivity index is 2.84. The molecule has 0 aliphatic carbocycles. The minimum Gasteiger partial charge on any atom is -0.422 e. The first-order chi connectivity index (χ1) is 6.63. The van der Waals surface area contributed by atoms with Crippen LogP contribution in [-0.2, 0) is 11.2 Å². The third-order valence-electron chi connectivity index (χ3n) is 1.49. The van der Waals surface area contributed by atoms with E-state index < -0.39 is 5.97 Å². The Kier molecular flexibility index (Phi) is 3.83. The van der Waals surface area contributed by atoms with Crippen LogP contribution in [0.15, 0.2) is 6.20 Å². The molecule has 0 aromatic carbocycles. The number of nitrogens with zero attached hydrogens (tertiary/aromatic N) is 2. The maximum Gasteiger partial charge on any atom is 0.308 e. The standard InChI is InChI=1S/C9H11ClN2O2/c1-3-4-8-11-5-7(9(10)12-8)14-6(2)13/h5H,3-4H2,1-2H3. The van der Waals surface area contributed by atoms with Gasteiger partial charge in [-0.25, -0.2) is 9.97 Å². The molecule has 1 rings (SSSR count). The summed E-state index contributed by atoms with van der Waals surface area (Å²) in [7, 11) is 0. The summed E-state index contributed by atoms with van der Waals surface area (Å²) in [5.41, 5.74) is 0. The van der Waals surface area contributed by atoms with Gasteiger partial charge in [-0.2, -0.15) is 0 Å². The summed E-state index contributed by atoms with van der Waals surface area (Å²) >= 11 is 5.78. The van der Waals surface area contributed by atoms with Crippen LogP contribution >= 0.6 is 11.6 Å². The zero-order chi connectivity index (χ0) is 10.6. The molecule has 1 aromatic heterocycles. The fourth-order valence-electron chi connectivity index (χ4n) is 0.951. The van der Waals surface area contributed by atoms with Crippen LogP contribution in [0.25, 0.3) is 0 Å². The largest absolute Gasteiger partial charge is 0.422 e. The molecular weight excluding hydrogens is 204 g/mol. The van der Waals surface area contributed by atoms with Gasteiger partial charge in [0.1, 0.15) is 5.82 Å². The SMILES string of the molecule is CCCc1ncc(OC(C)=O)c(Cl)n1. The molecule has 0 bridgehead atoms. The third-order valence-corrected chi connectivity index (χ3v) is 1.76. The van der Waals surface area contributed by atoms with Crippen molar-refractivity contribution in [2.45, 2.75) is 26.7 Å². The third kappa shape index (κ3) is 2.96. The highest BCUT2D eigenvalue weighted by Crippen LogP contribution is 2.20. The highest BCUT2D eigenvalue weighted by atomic mass is 35.5. The minimum absolute atomic E-state index is 0.179. The molecule has 0 spiro atoms. The minimum atomic E-state index is -0.432. The monoisotopic (exact) mass is 214 g/mol. The van der Waals surface area contributed by atoms with E-state index in [4.69, 9.17) is 16.3 Å². The Morgan fingerprint density at radius 2 is 2.36 bits per heavy atom. The predicted octanol–water partition coefficient (Wildman–Crippen LogP) is 2.01. The molecule has 0 N–H and O–H groups in total. The number of aryl methyl sites for hydroxylation is 1. The number of carbonyl (C=O) groups excluding carboxylic acids is 1. The van der Waals surface area contributed by atoms with E-state index in [1.807, 2.05) is 6.92 Å². The van der Waals surface area contributed by atoms with E-state index >= 15 is 0 Å². The van der Waals surface area contributed by atoms with Gasteiger partial charge >= 0.3 is 5.97 Å². The lowest BCUT2D eigenvalue weighted by Crippen LogP contribution is -2.04. The molecule has 0 aliphatic heterocycles. The molecule has 4 nitrogen and oxygen atoms in total.